The van der Waals surface area contributed by atoms with E-state index < -0.39 is 7.26 Å². The average molecular weight is 430 g/mol. The molecule has 0 fully saturated rings. The maximum absolute atomic E-state index is 2.34. The van der Waals surface area contributed by atoms with Gasteiger partial charge in [0.25, 0.3) is 0 Å². The Bertz CT molecular complexity index is 663. The van der Waals surface area contributed by atoms with E-state index in [4.69, 9.17) is 0 Å². The molecule has 0 aromatic heterocycles. The van der Waals surface area contributed by atoms with E-state index in [9.17, 15) is 0 Å². The van der Waals surface area contributed by atoms with E-state index in [0.29, 0.717) is 0 Å². The second kappa shape index (κ2) is 10.0. The fourth-order valence-electron chi connectivity index (χ4n) is 3.76. The molecule has 0 aliphatic heterocycles. The molecule has 0 N–H and O–H groups in total. The molecule has 0 saturated heterocycles. The summed E-state index contributed by atoms with van der Waals surface area (Å²) >= 11 is 0. The fourth-order valence-corrected chi connectivity index (χ4v) is 8.60. The van der Waals surface area contributed by atoms with Crippen LogP contribution in [0, 0.1) is 0 Å². The third-order valence-corrected chi connectivity index (χ3v) is 10.0. The minimum atomic E-state index is -2.02. The van der Waals surface area contributed by atoms with Crippen LogP contribution in [0.25, 0.3) is 0 Å². The number of benzene rings is 3. The number of rotatable bonds is 7. The van der Waals surface area contributed by atoms with E-state index in [1.807, 2.05) is 0 Å². The van der Waals surface area contributed by atoms with E-state index in [0.717, 1.165) is 6.54 Å². The van der Waals surface area contributed by atoms with Crippen LogP contribution >= 0.6 is 24.2 Å². The zero-order valence-electron chi connectivity index (χ0n) is 15.6. The summed E-state index contributed by atoms with van der Waals surface area (Å²) in [6.45, 7) is 1.13. The van der Waals surface area contributed by atoms with Crippen molar-refractivity contribution >= 4 is 40.2 Å². The van der Waals surface area contributed by atoms with E-state index in [-0.39, 0.29) is 17.0 Å². The van der Waals surface area contributed by atoms with Gasteiger partial charge in [0.1, 0.15) is 0 Å². The van der Waals surface area contributed by atoms with Gasteiger partial charge in [-0.05, 0) is 0 Å². The second-order valence-electron chi connectivity index (χ2n) is 6.91. The number of hydrogen-bond acceptors (Lipinski definition) is 1. The normalized spacial score (nSPS) is 11.8. The first-order valence-corrected chi connectivity index (χ1v) is 11.3. The molecule has 0 radical (unpaired) electrons. The Labute approximate surface area is 169 Å². The molecular formula is C23H29BrNP. The van der Waals surface area contributed by atoms with Crippen LogP contribution in [0.15, 0.2) is 91.0 Å². The van der Waals surface area contributed by atoms with Crippen LogP contribution in [0.5, 0.6) is 0 Å². The molecule has 0 heterocycles. The Morgan fingerprint density at radius 2 is 0.962 bits per heavy atom. The SMILES string of the molecule is Br.CN(C)CCC[PH](c1ccccc1)(c1ccccc1)c1ccccc1. The van der Waals surface area contributed by atoms with Gasteiger partial charge >= 0.3 is 152 Å². The molecule has 1 nitrogen and oxygen atoms in total. The van der Waals surface area contributed by atoms with Gasteiger partial charge in [-0.15, -0.1) is 17.0 Å². The van der Waals surface area contributed by atoms with Crippen LogP contribution in [0.4, 0.5) is 0 Å². The first-order valence-electron chi connectivity index (χ1n) is 9.05. The molecule has 0 spiro atoms. The topological polar surface area (TPSA) is 3.24 Å². The van der Waals surface area contributed by atoms with Crippen LogP contribution in [0.3, 0.4) is 0 Å². The van der Waals surface area contributed by atoms with Crippen molar-refractivity contribution in [2.75, 3.05) is 26.8 Å². The van der Waals surface area contributed by atoms with Gasteiger partial charge in [-0.3, -0.25) is 0 Å². The quantitative estimate of drug-likeness (QED) is 0.507. The third-order valence-electron chi connectivity index (χ3n) is 4.96. The van der Waals surface area contributed by atoms with Gasteiger partial charge < -0.3 is 0 Å². The van der Waals surface area contributed by atoms with Crippen LogP contribution in [0.2, 0.25) is 0 Å². The first kappa shape index (κ1) is 20.8. The molecule has 0 aliphatic rings. The number of halogens is 1. The number of nitrogens with zero attached hydrogens (tertiary/aromatic N) is 1. The van der Waals surface area contributed by atoms with Crippen molar-refractivity contribution in [2.24, 2.45) is 0 Å². The number of hydrogen-bond donors (Lipinski definition) is 0. The molecule has 3 heteroatoms. The van der Waals surface area contributed by atoms with E-state index in [1.165, 1.54) is 28.5 Å². The van der Waals surface area contributed by atoms with Gasteiger partial charge in [0.15, 0.2) is 0 Å². The van der Waals surface area contributed by atoms with Gasteiger partial charge in [0, 0.05) is 0 Å². The Balaban J connectivity index is 0.00000243. The third kappa shape index (κ3) is 4.62. The minimum absolute atomic E-state index is 0. The van der Waals surface area contributed by atoms with Crippen LogP contribution in [-0.2, 0) is 0 Å². The zero-order chi connectivity index (χ0) is 17.5. The summed E-state index contributed by atoms with van der Waals surface area (Å²) in [5.74, 6) is 0. The molecule has 0 atom stereocenters. The van der Waals surface area contributed by atoms with Crippen molar-refractivity contribution < 1.29 is 0 Å². The summed E-state index contributed by atoms with van der Waals surface area (Å²) < 4.78 is 0. The molecule has 3 rings (SSSR count). The van der Waals surface area contributed by atoms with Crippen molar-refractivity contribution in [3.8, 4) is 0 Å². The second-order valence-corrected chi connectivity index (χ2v) is 11.0. The Kier molecular flexibility index (Phi) is 8.03. The molecule has 0 saturated carbocycles. The zero-order valence-corrected chi connectivity index (χ0v) is 18.4. The molecule has 3 aromatic carbocycles. The van der Waals surface area contributed by atoms with Crippen molar-refractivity contribution in [3.63, 3.8) is 0 Å². The van der Waals surface area contributed by atoms with Crippen molar-refractivity contribution in [1.82, 2.24) is 4.90 Å². The molecule has 0 unspecified atom stereocenters. The van der Waals surface area contributed by atoms with Crippen LogP contribution in [0.1, 0.15) is 6.42 Å². The Hall–Kier alpha value is -1.47. The Morgan fingerprint density at radius 1 is 0.615 bits per heavy atom. The van der Waals surface area contributed by atoms with Crippen LogP contribution < -0.4 is 15.9 Å². The molecular weight excluding hydrogens is 401 g/mol. The molecule has 26 heavy (non-hydrogen) atoms. The molecule has 3 aromatic rings. The predicted molar refractivity (Wildman–Crippen MR) is 125 cm³/mol. The fraction of sp³-hybridized carbons (Fsp3) is 0.217. The van der Waals surface area contributed by atoms with E-state index in [2.05, 4.69) is 110 Å². The molecule has 138 valence electrons. The average Bonchev–Trinajstić information content (AvgIpc) is 2.67. The summed E-state index contributed by atoms with van der Waals surface area (Å²) in [6, 6.07) is 33.5. The summed E-state index contributed by atoms with van der Waals surface area (Å²) in [6.07, 6.45) is 2.43. The summed E-state index contributed by atoms with van der Waals surface area (Å²) in [7, 11) is 2.31. The van der Waals surface area contributed by atoms with Gasteiger partial charge in [0.2, 0.25) is 0 Å². The van der Waals surface area contributed by atoms with Gasteiger partial charge in [-0.1, -0.05) is 0 Å². The summed E-state index contributed by atoms with van der Waals surface area (Å²) in [5.41, 5.74) is 0. The van der Waals surface area contributed by atoms with Crippen molar-refractivity contribution in [1.29, 1.82) is 0 Å². The van der Waals surface area contributed by atoms with Gasteiger partial charge in [-0.2, -0.15) is 0 Å². The van der Waals surface area contributed by atoms with E-state index >= 15 is 0 Å². The standard InChI is InChI=1S/C23H28NP.BrH/c1-24(2)19-12-20-25(21-13-6-3-7-14-21,22-15-8-4-9-16-22)23-17-10-5-11-18-23;/h3-11,13-18,25H,12,19-20H2,1-2H3;1H. The maximum atomic E-state index is 2.34. The molecule has 0 amide bonds. The van der Waals surface area contributed by atoms with Gasteiger partial charge in [-0.25, -0.2) is 0 Å². The Morgan fingerprint density at radius 3 is 1.27 bits per heavy atom. The van der Waals surface area contributed by atoms with Crippen molar-refractivity contribution in [3.05, 3.63) is 91.0 Å². The van der Waals surface area contributed by atoms with Crippen LogP contribution in [-0.4, -0.2) is 31.7 Å². The monoisotopic (exact) mass is 429 g/mol. The van der Waals surface area contributed by atoms with E-state index in [1.54, 1.807) is 0 Å². The molecule has 0 aliphatic carbocycles. The summed E-state index contributed by atoms with van der Waals surface area (Å²) in [4.78, 5) is 2.29. The first-order chi connectivity index (χ1) is 12.2. The van der Waals surface area contributed by atoms with Crippen molar-refractivity contribution in [2.45, 2.75) is 6.42 Å². The molecule has 0 bridgehead atoms. The predicted octanol–water partition coefficient (Wildman–Crippen LogP) is 4.24. The van der Waals surface area contributed by atoms with Gasteiger partial charge in [0.05, 0.1) is 0 Å². The summed E-state index contributed by atoms with van der Waals surface area (Å²) in [5, 5.41) is 4.52.